The van der Waals surface area contributed by atoms with Crippen LogP contribution in [0.2, 0.25) is 5.02 Å². The summed E-state index contributed by atoms with van der Waals surface area (Å²) in [6, 6.07) is 15.2. The highest BCUT2D eigenvalue weighted by atomic mass is 35.5. The summed E-state index contributed by atoms with van der Waals surface area (Å²) in [5.41, 5.74) is 8.50. The topological polar surface area (TPSA) is 75.9 Å². The number of nitrogens with two attached hydrogens (primary N) is 1. The first-order chi connectivity index (χ1) is 15.0. The van der Waals surface area contributed by atoms with E-state index in [1.807, 2.05) is 29.2 Å². The molecule has 2 aromatic carbocycles. The molecule has 0 radical (unpaired) electrons. The highest BCUT2D eigenvalue weighted by Gasteiger charge is 2.41. The molecule has 172 valence electrons. The first kappa shape index (κ1) is 24.4. The number of rotatable bonds is 5. The van der Waals surface area contributed by atoms with E-state index in [0.717, 1.165) is 36.4 Å². The molecule has 1 aliphatic heterocycles. The van der Waals surface area contributed by atoms with Gasteiger partial charge in [-0.15, -0.1) is 12.4 Å². The Morgan fingerprint density at radius 1 is 1.16 bits per heavy atom. The smallest absolute Gasteiger partial charge is 0.337 e. The number of halogens is 2. The maximum absolute atomic E-state index is 13.2. The first-order valence-corrected chi connectivity index (χ1v) is 11.1. The van der Waals surface area contributed by atoms with Crippen LogP contribution in [-0.2, 0) is 10.2 Å². The van der Waals surface area contributed by atoms with Crippen LogP contribution in [0, 0.1) is 0 Å². The zero-order chi connectivity index (χ0) is 22.0. The predicted octanol–water partition coefficient (Wildman–Crippen LogP) is 4.63. The minimum atomic E-state index is -0.406. The maximum Gasteiger partial charge on any atom is 0.337 e. The lowest BCUT2D eigenvalue weighted by Crippen LogP contribution is -2.46. The Balaban J connectivity index is 0.00000289. The molecule has 32 heavy (non-hydrogen) atoms. The molecule has 2 N–H and O–H groups in total. The molecule has 2 fully saturated rings. The monoisotopic (exact) mass is 477 g/mol. The molecule has 1 aliphatic carbocycles. The molecule has 0 unspecified atom stereocenters. The second-order valence-corrected chi connectivity index (χ2v) is 8.83. The van der Waals surface area contributed by atoms with E-state index in [1.165, 1.54) is 12.7 Å². The van der Waals surface area contributed by atoms with Crippen LogP contribution >= 0.6 is 24.0 Å². The number of benzene rings is 2. The van der Waals surface area contributed by atoms with E-state index in [-0.39, 0.29) is 29.9 Å². The van der Waals surface area contributed by atoms with Gasteiger partial charge in [0.25, 0.3) is 0 Å². The van der Waals surface area contributed by atoms with Crippen LogP contribution in [0.5, 0.6) is 0 Å². The summed E-state index contributed by atoms with van der Waals surface area (Å²) in [5.74, 6) is -0.406. The van der Waals surface area contributed by atoms with Crippen molar-refractivity contribution < 1.29 is 14.3 Å². The van der Waals surface area contributed by atoms with Crippen LogP contribution in [0.15, 0.2) is 48.5 Å². The van der Waals surface area contributed by atoms with Crippen molar-refractivity contribution in [3.05, 3.63) is 64.7 Å². The summed E-state index contributed by atoms with van der Waals surface area (Å²) in [7, 11) is 1.35. The van der Waals surface area contributed by atoms with Crippen LogP contribution in [0.25, 0.3) is 0 Å². The molecule has 6 nitrogen and oxygen atoms in total. The van der Waals surface area contributed by atoms with E-state index in [9.17, 15) is 9.59 Å². The van der Waals surface area contributed by atoms with E-state index in [2.05, 4.69) is 6.07 Å². The van der Waals surface area contributed by atoms with Crippen molar-refractivity contribution in [2.45, 2.75) is 37.1 Å². The van der Waals surface area contributed by atoms with Crippen molar-refractivity contribution in [3.8, 4) is 0 Å². The lowest BCUT2D eigenvalue weighted by molar-refractivity contribution is 0.0600. The molecule has 1 saturated carbocycles. The van der Waals surface area contributed by atoms with Gasteiger partial charge in [-0.25, -0.2) is 9.59 Å². The first-order valence-electron chi connectivity index (χ1n) is 10.7. The summed E-state index contributed by atoms with van der Waals surface area (Å²) < 4.78 is 4.80. The average Bonchev–Trinajstić information content (AvgIpc) is 3.20. The highest BCUT2D eigenvalue weighted by Crippen LogP contribution is 2.41. The van der Waals surface area contributed by atoms with Crippen molar-refractivity contribution >= 4 is 41.7 Å². The second-order valence-electron chi connectivity index (χ2n) is 8.40. The number of nitrogens with zero attached hydrogens (tertiary/aromatic N) is 2. The SMILES string of the molecule is COC(=O)c1cccc(N2CCN([C@H]3CC[C@](CN)(c4cccc(Cl)c4)CC3)C2=O)c1.Cl. The molecule has 2 aromatic rings. The van der Waals surface area contributed by atoms with E-state index < -0.39 is 5.97 Å². The second kappa shape index (κ2) is 10.1. The number of urea groups is 1. The van der Waals surface area contributed by atoms with Crippen LogP contribution in [0.1, 0.15) is 41.6 Å². The van der Waals surface area contributed by atoms with Gasteiger partial charge in [-0.2, -0.15) is 0 Å². The largest absolute Gasteiger partial charge is 0.465 e. The number of carbonyl (C=O) groups excluding carboxylic acids is 2. The van der Waals surface area contributed by atoms with Gasteiger partial charge in [-0.1, -0.05) is 29.8 Å². The van der Waals surface area contributed by atoms with Gasteiger partial charge >= 0.3 is 12.0 Å². The third kappa shape index (κ3) is 4.58. The third-order valence-corrected chi connectivity index (χ3v) is 7.04. The summed E-state index contributed by atoms with van der Waals surface area (Å²) in [4.78, 5) is 28.8. The predicted molar refractivity (Wildman–Crippen MR) is 129 cm³/mol. The fraction of sp³-hybridized carbons (Fsp3) is 0.417. The Morgan fingerprint density at radius 3 is 2.53 bits per heavy atom. The Hall–Kier alpha value is -2.28. The molecule has 0 bridgehead atoms. The summed E-state index contributed by atoms with van der Waals surface area (Å²) >= 11 is 6.22. The van der Waals surface area contributed by atoms with Crippen LogP contribution < -0.4 is 10.6 Å². The number of ether oxygens (including phenoxy) is 1. The van der Waals surface area contributed by atoms with Crippen LogP contribution in [0.3, 0.4) is 0 Å². The zero-order valence-corrected chi connectivity index (χ0v) is 19.7. The van der Waals surface area contributed by atoms with Gasteiger partial charge in [0, 0.05) is 41.8 Å². The summed E-state index contributed by atoms with van der Waals surface area (Å²) in [6.07, 6.45) is 3.67. The lowest BCUT2D eigenvalue weighted by Gasteiger charge is -2.42. The molecule has 0 aromatic heterocycles. The Kier molecular flexibility index (Phi) is 7.70. The van der Waals surface area contributed by atoms with Crippen molar-refractivity contribution in [2.75, 3.05) is 31.6 Å². The van der Waals surface area contributed by atoms with Gasteiger partial charge in [-0.05, 0) is 61.6 Å². The summed E-state index contributed by atoms with van der Waals surface area (Å²) in [6.45, 7) is 1.86. The standard InChI is InChI=1S/C24H28ClN3O3.ClH/c1-31-22(29)17-4-2-7-21(14-17)28-13-12-27(23(28)30)20-8-10-24(16-26,11-9-20)18-5-3-6-19(25)15-18;/h2-7,14-15,20H,8-13,16,26H2,1H3;1H/t20-,24-;. The molecular formula is C24H29Cl2N3O3. The Morgan fingerprint density at radius 2 is 1.88 bits per heavy atom. The van der Waals surface area contributed by atoms with E-state index in [0.29, 0.717) is 25.2 Å². The third-order valence-electron chi connectivity index (χ3n) is 6.80. The molecule has 4 rings (SSSR count). The molecule has 0 spiro atoms. The molecule has 8 heteroatoms. The number of carbonyl (C=O) groups is 2. The summed E-state index contributed by atoms with van der Waals surface area (Å²) in [5, 5.41) is 0.729. The van der Waals surface area contributed by atoms with Gasteiger partial charge in [0.15, 0.2) is 0 Å². The molecule has 0 atom stereocenters. The van der Waals surface area contributed by atoms with Crippen LogP contribution in [0.4, 0.5) is 10.5 Å². The molecule has 1 saturated heterocycles. The van der Waals surface area contributed by atoms with Crippen molar-refractivity contribution in [1.82, 2.24) is 4.90 Å². The minimum Gasteiger partial charge on any atom is -0.465 e. The van der Waals surface area contributed by atoms with Gasteiger partial charge in [0.05, 0.1) is 12.7 Å². The lowest BCUT2D eigenvalue weighted by atomic mass is 9.68. The normalized spacial score (nSPS) is 23.1. The van der Waals surface area contributed by atoms with Crippen molar-refractivity contribution in [1.29, 1.82) is 0 Å². The quantitative estimate of drug-likeness (QED) is 0.636. The number of esters is 1. The highest BCUT2D eigenvalue weighted by molar-refractivity contribution is 6.30. The minimum absolute atomic E-state index is 0. The Bertz CT molecular complexity index is 976. The van der Waals surface area contributed by atoms with Crippen molar-refractivity contribution in [3.63, 3.8) is 0 Å². The van der Waals surface area contributed by atoms with Gasteiger partial charge in [-0.3, -0.25) is 4.90 Å². The van der Waals surface area contributed by atoms with Crippen LogP contribution in [-0.4, -0.2) is 49.7 Å². The maximum atomic E-state index is 13.2. The molecular weight excluding hydrogens is 449 g/mol. The number of hydrogen-bond acceptors (Lipinski definition) is 4. The molecule has 1 heterocycles. The Labute approximate surface area is 200 Å². The number of hydrogen-bond donors (Lipinski definition) is 1. The zero-order valence-electron chi connectivity index (χ0n) is 18.1. The van der Waals surface area contributed by atoms with Gasteiger partial charge in [0.2, 0.25) is 0 Å². The van der Waals surface area contributed by atoms with E-state index in [4.69, 9.17) is 22.1 Å². The van der Waals surface area contributed by atoms with Gasteiger partial charge < -0.3 is 15.4 Å². The molecule has 2 aliphatic rings. The number of anilines is 1. The number of amides is 2. The van der Waals surface area contributed by atoms with Gasteiger partial charge in [0.1, 0.15) is 0 Å². The fourth-order valence-corrected chi connectivity index (χ4v) is 5.14. The van der Waals surface area contributed by atoms with Crippen molar-refractivity contribution in [2.24, 2.45) is 5.73 Å². The van der Waals surface area contributed by atoms with E-state index >= 15 is 0 Å². The fourth-order valence-electron chi connectivity index (χ4n) is 4.95. The van der Waals surface area contributed by atoms with E-state index in [1.54, 1.807) is 23.1 Å². The molecule has 2 amide bonds. The number of methoxy groups -OCH3 is 1. The average molecular weight is 478 g/mol.